The largest absolute Gasteiger partial charge is 0.490 e. The number of hydrogen-bond acceptors (Lipinski definition) is 6. The number of rotatable bonds is 6. The molecule has 0 unspecified atom stereocenters. The van der Waals surface area contributed by atoms with E-state index in [1.165, 1.54) is 22.1 Å². The van der Waals surface area contributed by atoms with Gasteiger partial charge in [0.1, 0.15) is 0 Å². The highest BCUT2D eigenvalue weighted by Crippen LogP contribution is 2.32. The van der Waals surface area contributed by atoms with Gasteiger partial charge in [0, 0.05) is 5.10 Å². The molecule has 1 aromatic carbocycles. The molecule has 0 saturated heterocycles. The van der Waals surface area contributed by atoms with Crippen LogP contribution < -0.4 is 0 Å². The summed E-state index contributed by atoms with van der Waals surface area (Å²) < 4.78 is 7.10. The predicted molar refractivity (Wildman–Crippen MR) is 80.8 cm³/mol. The van der Waals surface area contributed by atoms with Gasteiger partial charge in [0.2, 0.25) is 6.33 Å². The summed E-state index contributed by atoms with van der Waals surface area (Å²) in [6.07, 6.45) is 3.47. The topological polar surface area (TPSA) is 103 Å². The van der Waals surface area contributed by atoms with E-state index >= 15 is 0 Å². The fourth-order valence-corrected chi connectivity index (χ4v) is 2.83. The molecule has 1 N–H and O–H groups in total. The Bertz CT molecular complexity index is 688. The first-order valence-corrected chi connectivity index (χ1v) is 7.55. The lowest BCUT2D eigenvalue weighted by molar-refractivity contribution is -0.394. The second kappa shape index (κ2) is 6.84. The van der Waals surface area contributed by atoms with Crippen molar-refractivity contribution in [3.8, 4) is 0 Å². The lowest BCUT2D eigenvalue weighted by atomic mass is 9.89. The van der Waals surface area contributed by atoms with Crippen molar-refractivity contribution in [2.75, 3.05) is 6.61 Å². The van der Waals surface area contributed by atoms with Crippen molar-refractivity contribution in [1.29, 1.82) is 0 Å². The summed E-state index contributed by atoms with van der Waals surface area (Å²) in [7, 11) is 0. The van der Waals surface area contributed by atoms with Crippen molar-refractivity contribution in [3.63, 3.8) is 0 Å². The monoisotopic (exact) mass is 318 g/mol. The third-order valence-corrected chi connectivity index (χ3v) is 3.89. The van der Waals surface area contributed by atoms with E-state index in [-0.39, 0.29) is 19.3 Å². The number of ether oxygens (including phenoxy) is 1. The quantitative estimate of drug-likeness (QED) is 0.641. The van der Waals surface area contributed by atoms with Gasteiger partial charge in [0.05, 0.1) is 25.4 Å². The van der Waals surface area contributed by atoms with Gasteiger partial charge in [0.15, 0.2) is 0 Å². The van der Waals surface area contributed by atoms with E-state index in [1.54, 1.807) is 0 Å². The number of fused-ring (bicyclic) bond motifs is 1. The maximum atomic E-state index is 10.5. The smallest absolute Gasteiger partial charge is 0.390 e. The van der Waals surface area contributed by atoms with Crippen LogP contribution >= 0.6 is 0 Å². The molecule has 3 rings (SSSR count). The third-order valence-electron chi connectivity index (χ3n) is 3.89. The number of benzene rings is 1. The molecule has 0 fully saturated rings. The number of hydrogen-bond donors (Lipinski definition) is 1. The van der Waals surface area contributed by atoms with Crippen molar-refractivity contribution in [2.24, 2.45) is 0 Å². The fraction of sp³-hybridized carbons (Fsp3) is 0.467. The molecule has 1 aliphatic rings. The van der Waals surface area contributed by atoms with Crippen LogP contribution in [0.5, 0.6) is 0 Å². The third kappa shape index (κ3) is 3.72. The van der Waals surface area contributed by atoms with Crippen LogP contribution in [0.4, 0.5) is 5.95 Å². The van der Waals surface area contributed by atoms with Crippen LogP contribution in [0.3, 0.4) is 0 Å². The molecular formula is C15H18N4O4. The van der Waals surface area contributed by atoms with Gasteiger partial charge in [-0.25, -0.2) is 0 Å². The maximum Gasteiger partial charge on any atom is 0.490 e. The summed E-state index contributed by atoms with van der Waals surface area (Å²) in [5, 5.41) is 24.2. The van der Waals surface area contributed by atoms with E-state index in [2.05, 4.69) is 22.2 Å². The molecule has 2 aromatic rings. The number of nitrogens with zero attached hydrogens (tertiary/aromatic N) is 4. The average molecular weight is 318 g/mol. The van der Waals surface area contributed by atoms with Gasteiger partial charge in [-0.3, -0.25) is 0 Å². The van der Waals surface area contributed by atoms with Crippen LogP contribution in [-0.4, -0.2) is 37.5 Å². The van der Waals surface area contributed by atoms with Crippen LogP contribution in [0.2, 0.25) is 0 Å². The minimum absolute atomic E-state index is 0.0142. The van der Waals surface area contributed by atoms with E-state index in [4.69, 9.17) is 4.74 Å². The minimum Gasteiger partial charge on any atom is -0.390 e. The Labute approximate surface area is 132 Å². The number of aliphatic hydroxyl groups is 1. The van der Waals surface area contributed by atoms with Gasteiger partial charge in [0.25, 0.3) is 0 Å². The SMILES string of the molecule is O=[N+]([O-])c1ncn(C[C@@H](O)CO[C@H]2CCCc3ccccc32)n1. The highest BCUT2D eigenvalue weighted by molar-refractivity contribution is 5.31. The van der Waals surface area contributed by atoms with Gasteiger partial charge in [-0.1, -0.05) is 29.2 Å². The molecule has 122 valence electrons. The molecule has 1 aromatic heterocycles. The second-order valence-corrected chi connectivity index (χ2v) is 5.59. The normalized spacial score (nSPS) is 18.4. The molecule has 0 spiro atoms. The second-order valence-electron chi connectivity index (χ2n) is 5.59. The lowest BCUT2D eigenvalue weighted by Gasteiger charge is -2.26. The molecule has 8 nitrogen and oxygen atoms in total. The van der Waals surface area contributed by atoms with Crippen LogP contribution in [-0.2, 0) is 17.7 Å². The highest BCUT2D eigenvalue weighted by Gasteiger charge is 2.22. The highest BCUT2D eigenvalue weighted by atomic mass is 16.6. The number of aliphatic hydroxyl groups excluding tert-OH is 1. The molecule has 0 aliphatic heterocycles. The average Bonchev–Trinajstić information content (AvgIpc) is 3.01. The zero-order valence-corrected chi connectivity index (χ0v) is 12.5. The maximum absolute atomic E-state index is 10.5. The number of aromatic nitrogens is 3. The Morgan fingerprint density at radius 1 is 1.48 bits per heavy atom. The molecule has 23 heavy (non-hydrogen) atoms. The van der Waals surface area contributed by atoms with Crippen LogP contribution in [0.25, 0.3) is 0 Å². The van der Waals surface area contributed by atoms with Crippen LogP contribution in [0.15, 0.2) is 30.6 Å². The van der Waals surface area contributed by atoms with E-state index in [0.717, 1.165) is 19.3 Å². The number of nitro groups is 1. The Hall–Kier alpha value is -2.32. The van der Waals surface area contributed by atoms with E-state index in [9.17, 15) is 15.2 Å². The molecule has 1 heterocycles. The molecule has 8 heteroatoms. The molecular weight excluding hydrogens is 300 g/mol. The Morgan fingerprint density at radius 2 is 2.30 bits per heavy atom. The lowest BCUT2D eigenvalue weighted by Crippen LogP contribution is -2.24. The summed E-state index contributed by atoms with van der Waals surface area (Å²) in [5.74, 6) is -0.473. The first kappa shape index (κ1) is 15.6. The van der Waals surface area contributed by atoms with Gasteiger partial charge in [-0.2, -0.15) is 4.68 Å². The van der Waals surface area contributed by atoms with Gasteiger partial charge >= 0.3 is 5.95 Å². The summed E-state index contributed by atoms with van der Waals surface area (Å²) in [4.78, 5) is 13.4. The molecule has 0 radical (unpaired) electrons. The summed E-state index contributed by atoms with van der Waals surface area (Å²) in [5.41, 5.74) is 2.48. The Balaban J connectivity index is 1.55. The van der Waals surface area contributed by atoms with Crippen molar-refractivity contribution >= 4 is 5.95 Å². The van der Waals surface area contributed by atoms with Gasteiger partial charge in [-0.05, 0) is 35.3 Å². The molecule has 0 saturated carbocycles. The first-order chi connectivity index (χ1) is 11.1. The Morgan fingerprint density at radius 3 is 3.09 bits per heavy atom. The Kier molecular flexibility index (Phi) is 4.63. The van der Waals surface area contributed by atoms with Crippen molar-refractivity contribution in [1.82, 2.24) is 14.8 Å². The zero-order valence-electron chi connectivity index (χ0n) is 12.5. The standard InChI is InChI=1S/C15H18N4O4/c20-12(8-18-10-16-15(17-18)19(21)22)9-23-14-7-3-5-11-4-1-2-6-13(11)14/h1-2,4,6,10,12,14,20H,3,5,7-9H2/t12-,14+/m1/s1. The van der Waals surface area contributed by atoms with E-state index in [1.807, 2.05) is 12.1 Å². The predicted octanol–water partition coefficient (Wildman–Crippen LogP) is 1.64. The summed E-state index contributed by atoms with van der Waals surface area (Å²) >= 11 is 0. The van der Waals surface area contributed by atoms with E-state index < -0.39 is 17.0 Å². The van der Waals surface area contributed by atoms with Crippen LogP contribution in [0.1, 0.15) is 30.1 Å². The van der Waals surface area contributed by atoms with Crippen molar-refractivity contribution in [3.05, 3.63) is 51.8 Å². The molecule has 2 atom stereocenters. The molecule has 0 bridgehead atoms. The fourth-order valence-electron chi connectivity index (χ4n) is 2.83. The number of aryl methyl sites for hydroxylation is 1. The zero-order chi connectivity index (χ0) is 16.2. The molecule has 1 aliphatic carbocycles. The van der Waals surface area contributed by atoms with Crippen LogP contribution in [0, 0.1) is 10.1 Å². The van der Waals surface area contributed by atoms with Crippen molar-refractivity contribution in [2.45, 2.75) is 38.0 Å². The molecule has 0 amide bonds. The van der Waals surface area contributed by atoms with Gasteiger partial charge in [-0.15, -0.1) is 0 Å². The van der Waals surface area contributed by atoms with E-state index in [0.29, 0.717) is 0 Å². The summed E-state index contributed by atoms with van der Waals surface area (Å²) in [6.45, 7) is 0.252. The minimum atomic E-state index is -0.801. The summed E-state index contributed by atoms with van der Waals surface area (Å²) in [6, 6.07) is 8.18. The first-order valence-electron chi connectivity index (χ1n) is 7.55. The van der Waals surface area contributed by atoms with Crippen molar-refractivity contribution < 1.29 is 14.8 Å². The van der Waals surface area contributed by atoms with Gasteiger partial charge < -0.3 is 20.0 Å².